The van der Waals surface area contributed by atoms with Crippen molar-refractivity contribution >= 4 is 40.1 Å². The largest absolute Gasteiger partial charge is 0.497 e. The van der Waals surface area contributed by atoms with Gasteiger partial charge in [0.1, 0.15) is 11.3 Å². The number of ether oxygens (including phenoxy) is 1. The predicted octanol–water partition coefficient (Wildman–Crippen LogP) is 3.88. The van der Waals surface area contributed by atoms with Crippen LogP contribution in [-0.2, 0) is 11.3 Å². The minimum absolute atomic E-state index is 0.0382. The second kappa shape index (κ2) is 8.26. The third-order valence-electron chi connectivity index (χ3n) is 6.56. The second-order valence-corrected chi connectivity index (χ2v) is 8.75. The average molecular weight is 429 g/mol. The summed E-state index contributed by atoms with van der Waals surface area (Å²) >= 11 is 5.44. The molecule has 3 aromatic rings. The topological polar surface area (TPSA) is 91.9 Å². The molecule has 0 saturated heterocycles. The number of carbonyl (C=O) groups excluding carboxylic acids is 1. The smallest absolute Gasteiger partial charge is 0.278 e. The number of benzene rings is 1. The van der Waals surface area contributed by atoms with Gasteiger partial charge in [-0.1, -0.05) is 26.7 Å². The third kappa shape index (κ3) is 3.76. The lowest BCUT2D eigenvalue weighted by atomic mass is 9.78. The van der Waals surface area contributed by atoms with Crippen LogP contribution in [0.4, 0.5) is 0 Å². The molecule has 2 aromatic heterocycles. The summed E-state index contributed by atoms with van der Waals surface area (Å²) in [6, 6.07) is 5.78. The summed E-state index contributed by atoms with van der Waals surface area (Å²) in [6.45, 7) is 4.69. The Labute approximate surface area is 179 Å². The highest BCUT2D eigenvalue weighted by Gasteiger charge is 2.28. The number of methoxy groups -OCH3 is 1. The Bertz CT molecular complexity index is 1210. The van der Waals surface area contributed by atoms with Gasteiger partial charge in [-0.25, -0.2) is 0 Å². The van der Waals surface area contributed by atoms with Gasteiger partial charge in [0.25, 0.3) is 5.56 Å². The van der Waals surface area contributed by atoms with Crippen LogP contribution in [0, 0.1) is 16.6 Å². The molecular weight excluding hydrogens is 400 g/mol. The van der Waals surface area contributed by atoms with E-state index in [1.165, 1.54) is 11.0 Å². The second-order valence-electron chi connectivity index (χ2n) is 8.36. The summed E-state index contributed by atoms with van der Waals surface area (Å²) in [7, 11) is 1.60. The van der Waals surface area contributed by atoms with E-state index in [4.69, 9.17) is 17.0 Å². The maximum Gasteiger partial charge on any atom is 0.278 e. The van der Waals surface area contributed by atoms with E-state index in [0.717, 1.165) is 23.7 Å². The Kier molecular flexibility index (Phi) is 5.69. The number of nitrogens with zero attached hydrogens (tertiary/aromatic N) is 1. The summed E-state index contributed by atoms with van der Waals surface area (Å²) in [4.78, 5) is 31.9. The molecule has 1 fully saturated rings. The number of aromatic nitrogens is 3. The minimum Gasteiger partial charge on any atom is -0.497 e. The van der Waals surface area contributed by atoms with Gasteiger partial charge in [-0.3, -0.25) is 14.2 Å². The normalized spacial score (nSPS) is 21.8. The number of fused-ring (bicyclic) bond motifs is 3. The Morgan fingerprint density at radius 1 is 1.27 bits per heavy atom. The maximum absolute atomic E-state index is 13.1. The van der Waals surface area contributed by atoms with E-state index in [1.54, 1.807) is 7.11 Å². The molecule has 160 valence electrons. The standard InChI is InChI=1S/C22H28N4O3S/c1-12-5-4-6-16(13(12)2)23-18(27)9-10-26-21(28)20-19(25-22(26)30)15-11-14(29-3)7-8-17(15)24-20/h7-8,11-13,16,24H,4-6,9-10H2,1-3H3,(H,23,27)(H,25,30)/t12-,13+,16-/m1/s1. The Morgan fingerprint density at radius 3 is 2.83 bits per heavy atom. The van der Waals surface area contributed by atoms with Crippen LogP contribution in [0.1, 0.15) is 39.5 Å². The van der Waals surface area contributed by atoms with E-state index < -0.39 is 0 Å². The zero-order valence-corrected chi connectivity index (χ0v) is 18.4. The van der Waals surface area contributed by atoms with Crippen molar-refractivity contribution in [1.82, 2.24) is 19.9 Å². The molecule has 4 rings (SSSR count). The number of nitrogens with one attached hydrogen (secondary N) is 3. The number of H-pyrrole nitrogens is 2. The van der Waals surface area contributed by atoms with E-state index >= 15 is 0 Å². The molecule has 3 atom stereocenters. The number of amides is 1. The molecule has 1 saturated carbocycles. The van der Waals surface area contributed by atoms with Crippen molar-refractivity contribution in [3.8, 4) is 5.75 Å². The highest BCUT2D eigenvalue weighted by atomic mass is 32.1. The van der Waals surface area contributed by atoms with Crippen molar-refractivity contribution < 1.29 is 9.53 Å². The fourth-order valence-corrected chi connectivity index (χ4v) is 4.75. The van der Waals surface area contributed by atoms with Gasteiger partial charge in [0.05, 0.1) is 12.6 Å². The van der Waals surface area contributed by atoms with Crippen molar-refractivity contribution in [3.63, 3.8) is 0 Å². The van der Waals surface area contributed by atoms with Crippen molar-refractivity contribution in [3.05, 3.63) is 33.3 Å². The van der Waals surface area contributed by atoms with Crippen LogP contribution >= 0.6 is 12.2 Å². The zero-order chi connectivity index (χ0) is 21.4. The first-order valence-corrected chi connectivity index (χ1v) is 10.9. The van der Waals surface area contributed by atoms with E-state index in [9.17, 15) is 9.59 Å². The fourth-order valence-electron chi connectivity index (χ4n) is 4.47. The number of carbonyl (C=O) groups is 1. The van der Waals surface area contributed by atoms with Crippen molar-refractivity contribution in [1.29, 1.82) is 0 Å². The number of aromatic amines is 2. The molecule has 0 unspecified atom stereocenters. The van der Waals surface area contributed by atoms with E-state index in [0.29, 0.717) is 33.4 Å². The first-order chi connectivity index (χ1) is 14.4. The Balaban J connectivity index is 1.56. The van der Waals surface area contributed by atoms with Gasteiger partial charge in [-0.05, 0) is 48.7 Å². The van der Waals surface area contributed by atoms with Gasteiger partial charge < -0.3 is 20.0 Å². The van der Waals surface area contributed by atoms with Crippen LogP contribution in [0.25, 0.3) is 21.9 Å². The number of rotatable bonds is 5. The van der Waals surface area contributed by atoms with Crippen molar-refractivity contribution in [2.45, 2.75) is 52.1 Å². The molecule has 0 spiro atoms. The predicted molar refractivity (Wildman–Crippen MR) is 121 cm³/mol. The summed E-state index contributed by atoms with van der Waals surface area (Å²) in [5, 5.41) is 4.00. The molecule has 0 aliphatic heterocycles. The third-order valence-corrected chi connectivity index (χ3v) is 6.88. The molecule has 7 nitrogen and oxygen atoms in total. The maximum atomic E-state index is 13.1. The molecule has 8 heteroatoms. The van der Waals surface area contributed by atoms with Crippen LogP contribution in [-0.4, -0.2) is 33.6 Å². The zero-order valence-electron chi connectivity index (χ0n) is 17.6. The molecule has 30 heavy (non-hydrogen) atoms. The van der Waals surface area contributed by atoms with Crippen molar-refractivity contribution in [2.24, 2.45) is 11.8 Å². The van der Waals surface area contributed by atoms with Gasteiger partial charge in [0.2, 0.25) is 5.91 Å². The summed E-state index contributed by atoms with van der Waals surface area (Å²) < 4.78 is 7.05. The lowest BCUT2D eigenvalue weighted by Gasteiger charge is -2.34. The van der Waals surface area contributed by atoms with Crippen LogP contribution in [0.3, 0.4) is 0 Å². The molecule has 1 aliphatic rings. The SMILES string of the molecule is COc1ccc2[nH]c3c(=O)n(CCC(=O)N[C@@H]4CCC[C@@H](C)[C@@H]4C)c(=S)[nH]c3c2c1. The fraction of sp³-hybridized carbons (Fsp3) is 0.500. The number of hydrogen-bond donors (Lipinski definition) is 3. The van der Waals surface area contributed by atoms with Gasteiger partial charge >= 0.3 is 0 Å². The first kappa shape index (κ1) is 20.7. The van der Waals surface area contributed by atoms with E-state index in [1.807, 2.05) is 18.2 Å². The average Bonchev–Trinajstić information content (AvgIpc) is 3.09. The van der Waals surface area contributed by atoms with Gasteiger partial charge in [-0.2, -0.15) is 0 Å². The van der Waals surface area contributed by atoms with Crippen molar-refractivity contribution in [2.75, 3.05) is 7.11 Å². The van der Waals surface area contributed by atoms with Crippen LogP contribution in [0.2, 0.25) is 0 Å². The van der Waals surface area contributed by atoms with Gasteiger partial charge in [0, 0.05) is 29.9 Å². The molecular formula is C22H28N4O3S. The Morgan fingerprint density at radius 2 is 2.07 bits per heavy atom. The van der Waals surface area contributed by atoms with Gasteiger partial charge in [-0.15, -0.1) is 0 Å². The highest BCUT2D eigenvalue weighted by Crippen LogP contribution is 2.29. The highest BCUT2D eigenvalue weighted by molar-refractivity contribution is 7.71. The first-order valence-electron chi connectivity index (χ1n) is 10.5. The summed E-state index contributed by atoms with van der Waals surface area (Å²) in [6.07, 6.45) is 3.59. The number of hydrogen-bond acceptors (Lipinski definition) is 4. The Hall–Kier alpha value is -2.61. The lowest BCUT2D eigenvalue weighted by molar-refractivity contribution is -0.122. The quantitative estimate of drug-likeness (QED) is 0.538. The molecule has 1 aromatic carbocycles. The monoisotopic (exact) mass is 428 g/mol. The van der Waals surface area contributed by atoms with E-state index in [-0.39, 0.29) is 30.5 Å². The molecule has 0 radical (unpaired) electrons. The molecule has 0 bridgehead atoms. The summed E-state index contributed by atoms with van der Waals surface area (Å²) in [5.41, 5.74) is 1.70. The molecule has 3 N–H and O–H groups in total. The summed E-state index contributed by atoms with van der Waals surface area (Å²) in [5.74, 6) is 1.75. The van der Waals surface area contributed by atoms with Crippen LogP contribution in [0.15, 0.2) is 23.0 Å². The minimum atomic E-state index is -0.226. The molecule has 1 aliphatic carbocycles. The van der Waals surface area contributed by atoms with Gasteiger partial charge in [0.15, 0.2) is 4.77 Å². The van der Waals surface area contributed by atoms with Crippen LogP contribution < -0.4 is 15.6 Å². The van der Waals surface area contributed by atoms with Crippen LogP contribution in [0.5, 0.6) is 5.75 Å². The lowest BCUT2D eigenvalue weighted by Crippen LogP contribution is -2.44. The molecule has 2 heterocycles. The molecule has 1 amide bonds. The van der Waals surface area contributed by atoms with E-state index in [2.05, 4.69) is 29.1 Å².